The van der Waals surface area contributed by atoms with Crippen LogP contribution in [0.1, 0.15) is 29.6 Å². The van der Waals surface area contributed by atoms with E-state index in [1.54, 1.807) is 6.07 Å². The lowest BCUT2D eigenvalue weighted by atomic mass is 10.0. The molecule has 1 aromatic carbocycles. The maximum atomic E-state index is 12.4. The van der Waals surface area contributed by atoms with Gasteiger partial charge in [0.1, 0.15) is 0 Å². The molecule has 114 valence electrons. The van der Waals surface area contributed by atoms with Crippen LogP contribution in [0.2, 0.25) is 0 Å². The van der Waals surface area contributed by atoms with Crippen molar-refractivity contribution >= 4 is 23.6 Å². The predicted octanol–water partition coefficient (Wildman–Crippen LogP) is 1.12. The van der Waals surface area contributed by atoms with Crippen LogP contribution in [0, 0.1) is 5.92 Å². The van der Waals surface area contributed by atoms with Gasteiger partial charge < -0.3 is 16.8 Å². The first kappa shape index (κ1) is 15.9. The summed E-state index contributed by atoms with van der Waals surface area (Å²) in [5.41, 5.74) is 11.5. The standard InChI is InChI=1S/C15H21N3O2S/c16-8-10-4-3-6-12(10)18-15(20)11-5-1-2-7-13(11)21-9-14(17)19/h1-2,5,7,10,12H,3-4,6,8-9,16H2,(H2,17,19)(H,18,20). The summed E-state index contributed by atoms with van der Waals surface area (Å²) in [6, 6.07) is 7.41. The third-order valence-corrected chi connectivity index (χ3v) is 4.88. The van der Waals surface area contributed by atoms with Gasteiger partial charge in [-0.3, -0.25) is 9.59 Å². The number of rotatable bonds is 6. The molecule has 0 bridgehead atoms. The van der Waals surface area contributed by atoms with E-state index in [0.29, 0.717) is 18.0 Å². The fourth-order valence-corrected chi connectivity index (χ4v) is 3.47. The van der Waals surface area contributed by atoms with Crippen LogP contribution in [0.3, 0.4) is 0 Å². The second-order valence-electron chi connectivity index (χ2n) is 5.26. The molecule has 1 aromatic rings. The first-order chi connectivity index (χ1) is 10.1. The number of hydrogen-bond acceptors (Lipinski definition) is 4. The maximum Gasteiger partial charge on any atom is 0.252 e. The first-order valence-electron chi connectivity index (χ1n) is 7.13. The molecule has 5 N–H and O–H groups in total. The maximum absolute atomic E-state index is 12.4. The van der Waals surface area contributed by atoms with E-state index in [2.05, 4.69) is 5.32 Å². The zero-order chi connectivity index (χ0) is 15.2. The van der Waals surface area contributed by atoms with Gasteiger partial charge in [-0.2, -0.15) is 0 Å². The Morgan fingerprint density at radius 2 is 2.05 bits per heavy atom. The van der Waals surface area contributed by atoms with Crippen molar-refractivity contribution in [3.8, 4) is 0 Å². The smallest absolute Gasteiger partial charge is 0.252 e. The number of carbonyl (C=O) groups excluding carboxylic acids is 2. The minimum absolute atomic E-state index is 0.104. The number of benzene rings is 1. The predicted molar refractivity (Wildman–Crippen MR) is 84.0 cm³/mol. The molecule has 2 rings (SSSR count). The average molecular weight is 307 g/mol. The summed E-state index contributed by atoms with van der Waals surface area (Å²) >= 11 is 1.29. The summed E-state index contributed by atoms with van der Waals surface area (Å²) in [6.07, 6.45) is 3.15. The van der Waals surface area contributed by atoms with Crippen LogP contribution in [-0.4, -0.2) is 30.2 Å². The number of carbonyl (C=O) groups is 2. The number of thioether (sulfide) groups is 1. The van der Waals surface area contributed by atoms with Crippen LogP contribution in [-0.2, 0) is 4.79 Å². The number of nitrogens with two attached hydrogens (primary N) is 2. The SMILES string of the molecule is NCC1CCCC1NC(=O)c1ccccc1SCC(N)=O. The molecule has 0 heterocycles. The molecule has 1 aliphatic carbocycles. The van der Waals surface area contributed by atoms with Crippen LogP contribution in [0.5, 0.6) is 0 Å². The van der Waals surface area contributed by atoms with Gasteiger partial charge >= 0.3 is 0 Å². The van der Waals surface area contributed by atoms with Gasteiger partial charge in [-0.1, -0.05) is 18.6 Å². The Bertz CT molecular complexity index is 521. The number of nitrogens with one attached hydrogen (secondary N) is 1. The fourth-order valence-electron chi connectivity index (χ4n) is 2.68. The molecule has 1 saturated carbocycles. The van der Waals surface area contributed by atoms with E-state index in [9.17, 15) is 9.59 Å². The normalized spacial score (nSPS) is 21.2. The first-order valence-corrected chi connectivity index (χ1v) is 8.11. The van der Waals surface area contributed by atoms with E-state index in [4.69, 9.17) is 11.5 Å². The van der Waals surface area contributed by atoms with E-state index in [-0.39, 0.29) is 17.7 Å². The van der Waals surface area contributed by atoms with E-state index in [0.717, 1.165) is 24.2 Å². The molecule has 0 saturated heterocycles. The van der Waals surface area contributed by atoms with Crippen molar-refractivity contribution in [2.24, 2.45) is 17.4 Å². The Hall–Kier alpha value is -1.53. The van der Waals surface area contributed by atoms with Crippen LogP contribution in [0.15, 0.2) is 29.2 Å². The molecule has 0 aliphatic heterocycles. The number of primary amides is 1. The van der Waals surface area contributed by atoms with Crippen molar-refractivity contribution in [1.29, 1.82) is 0 Å². The van der Waals surface area contributed by atoms with E-state index >= 15 is 0 Å². The van der Waals surface area contributed by atoms with Crippen molar-refractivity contribution < 1.29 is 9.59 Å². The lowest BCUT2D eigenvalue weighted by Gasteiger charge is -2.20. The quantitative estimate of drug-likeness (QED) is 0.686. The fraction of sp³-hybridized carbons (Fsp3) is 0.467. The van der Waals surface area contributed by atoms with Crippen LogP contribution >= 0.6 is 11.8 Å². The zero-order valence-corrected chi connectivity index (χ0v) is 12.7. The largest absolute Gasteiger partial charge is 0.369 e. The van der Waals surface area contributed by atoms with Crippen LogP contribution in [0.4, 0.5) is 0 Å². The lowest BCUT2D eigenvalue weighted by molar-refractivity contribution is -0.115. The molecule has 5 nitrogen and oxygen atoms in total. The van der Waals surface area contributed by atoms with Crippen molar-refractivity contribution in [2.45, 2.75) is 30.2 Å². The molecule has 21 heavy (non-hydrogen) atoms. The van der Waals surface area contributed by atoms with Gasteiger partial charge in [0.15, 0.2) is 0 Å². The summed E-state index contributed by atoms with van der Waals surface area (Å²) in [7, 11) is 0. The van der Waals surface area contributed by atoms with Crippen molar-refractivity contribution in [2.75, 3.05) is 12.3 Å². The van der Waals surface area contributed by atoms with Crippen molar-refractivity contribution in [1.82, 2.24) is 5.32 Å². The molecule has 0 spiro atoms. The van der Waals surface area contributed by atoms with Crippen molar-refractivity contribution in [3.63, 3.8) is 0 Å². The molecule has 0 radical (unpaired) electrons. The highest BCUT2D eigenvalue weighted by molar-refractivity contribution is 8.00. The van der Waals surface area contributed by atoms with Gasteiger partial charge in [0.2, 0.25) is 5.91 Å². The molecule has 2 unspecified atom stereocenters. The Kier molecular flexibility index (Phi) is 5.64. The van der Waals surface area contributed by atoms with Crippen LogP contribution in [0.25, 0.3) is 0 Å². The molecule has 6 heteroatoms. The van der Waals surface area contributed by atoms with Gasteiger partial charge in [-0.25, -0.2) is 0 Å². The van der Waals surface area contributed by atoms with Crippen molar-refractivity contribution in [3.05, 3.63) is 29.8 Å². The highest BCUT2D eigenvalue weighted by Gasteiger charge is 2.28. The van der Waals surface area contributed by atoms with Gasteiger partial charge in [0.05, 0.1) is 11.3 Å². The second kappa shape index (κ2) is 7.47. The Labute approximate surface area is 128 Å². The number of hydrogen-bond donors (Lipinski definition) is 3. The molecule has 1 aliphatic rings. The summed E-state index contributed by atoms with van der Waals surface area (Å²) in [5.74, 6) is 0.0283. The minimum Gasteiger partial charge on any atom is -0.369 e. The topological polar surface area (TPSA) is 98.2 Å². The molecular formula is C15H21N3O2S. The highest BCUT2D eigenvalue weighted by atomic mass is 32.2. The number of amides is 2. The third kappa shape index (κ3) is 4.22. The minimum atomic E-state index is -0.394. The van der Waals surface area contributed by atoms with Gasteiger partial charge in [-0.15, -0.1) is 11.8 Å². The van der Waals surface area contributed by atoms with Crippen LogP contribution < -0.4 is 16.8 Å². The second-order valence-corrected chi connectivity index (χ2v) is 6.27. The summed E-state index contributed by atoms with van der Waals surface area (Å²) in [5, 5.41) is 3.08. The van der Waals surface area contributed by atoms with E-state index in [1.165, 1.54) is 11.8 Å². The van der Waals surface area contributed by atoms with Gasteiger partial charge in [0.25, 0.3) is 5.91 Å². The molecule has 2 amide bonds. The monoisotopic (exact) mass is 307 g/mol. The summed E-state index contributed by atoms with van der Waals surface area (Å²) < 4.78 is 0. The van der Waals surface area contributed by atoms with Gasteiger partial charge in [-0.05, 0) is 37.4 Å². The van der Waals surface area contributed by atoms with E-state index in [1.807, 2.05) is 18.2 Å². The highest BCUT2D eigenvalue weighted by Crippen LogP contribution is 2.26. The molecule has 0 aromatic heterocycles. The zero-order valence-electron chi connectivity index (χ0n) is 11.9. The Balaban J connectivity index is 2.06. The Morgan fingerprint density at radius 1 is 1.29 bits per heavy atom. The summed E-state index contributed by atoms with van der Waals surface area (Å²) in [6.45, 7) is 0.600. The average Bonchev–Trinajstić information content (AvgIpc) is 2.92. The summed E-state index contributed by atoms with van der Waals surface area (Å²) in [4.78, 5) is 24.1. The van der Waals surface area contributed by atoms with Gasteiger partial charge in [0, 0.05) is 10.9 Å². The molecular weight excluding hydrogens is 286 g/mol. The molecule has 1 fully saturated rings. The third-order valence-electron chi connectivity index (χ3n) is 3.78. The Morgan fingerprint density at radius 3 is 2.76 bits per heavy atom. The lowest BCUT2D eigenvalue weighted by Crippen LogP contribution is -2.40. The van der Waals surface area contributed by atoms with E-state index < -0.39 is 5.91 Å². The molecule has 2 atom stereocenters.